The Morgan fingerprint density at radius 1 is 1.06 bits per heavy atom. The van der Waals surface area contributed by atoms with Crippen LogP contribution in [0.15, 0.2) is 42.6 Å². The van der Waals surface area contributed by atoms with Gasteiger partial charge in [0.05, 0.1) is 20.3 Å². The van der Waals surface area contributed by atoms with Crippen LogP contribution in [0.3, 0.4) is 0 Å². The highest BCUT2D eigenvalue weighted by Crippen LogP contribution is 2.13. The average Bonchev–Trinajstić information content (AvgIpc) is 2.40. The molecule has 0 bridgehead atoms. The summed E-state index contributed by atoms with van der Waals surface area (Å²) < 4.78 is 10.7. The van der Waals surface area contributed by atoms with Crippen LogP contribution in [0, 0.1) is 0 Å². The van der Waals surface area contributed by atoms with Gasteiger partial charge in [0, 0.05) is 6.20 Å². The summed E-state index contributed by atoms with van der Waals surface area (Å²) in [4.78, 5) is 3.93. The first-order valence-electron chi connectivity index (χ1n) is 5.69. The molecule has 4 heteroatoms. The van der Waals surface area contributed by atoms with Gasteiger partial charge < -0.3 is 15.2 Å². The van der Waals surface area contributed by atoms with Gasteiger partial charge in [-0.15, -0.1) is 0 Å². The number of rotatable bonds is 5. The van der Waals surface area contributed by atoms with Crippen LogP contribution in [0.4, 0.5) is 5.82 Å². The molecule has 0 atom stereocenters. The van der Waals surface area contributed by atoms with E-state index in [1.807, 2.05) is 36.4 Å². The third kappa shape index (κ3) is 3.46. The molecule has 0 spiro atoms. The number of pyridine rings is 1. The van der Waals surface area contributed by atoms with E-state index in [-0.39, 0.29) is 0 Å². The van der Waals surface area contributed by atoms with Crippen molar-refractivity contribution < 1.29 is 9.47 Å². The number of aromatic nitrogens is 1. The topological polar surface area (TPSA) is 57.4 Å². The van der Waals surface area contributed by atoms with Crippen LogP contribution in [0.1, 0.15) is 11.1 Å². The second kappa shape index (κ2) is 6.02. The van der Waals surface area contributed by atoms with Crippen LogP contribution in [0.5, 0.6) is 5.75 Å². The Kier molecular flexibility index (Phi) is 4.15. The number of methoxy groups -OCH3 is 1. The van der Waals surface area contributed by atoms with Crippen LogP contribution in [-0.2, 0) is 18.0 Å². The Morgan fingerprint density at radius 2 is 1.78 bits per heavy atom. The average molecular weight is 244 g/mol. The number of benzene rings is 1. The van der Waals surface area contributed by atoms with Gasteiger partial charge in [-0.3, -0.25) is 0 Å². The molecule has 18 heavy (non-hydrogen) atoms. The number of hydrogen-bond donors (Lipinski definition) is 1. The number of anilines is 1. The first kappa shape index (κ1) is 12.4. The lowest BCUT2D eigenvalue weighted by Crippen LogP contribution is -1.96. The molecule has 1 aromatic carbocycles. The van der Waals surface area contributed by atoms with E-state index in [9.17, 15) is 0 Å². The number of nitrogens with two attached hydrogens (primary N) is 1. The normalized spacial score (nSPS) is 10.3. The molecule has 0 radical (unpaired) electrons. The molecule has 0 unspecified atom stereocenters. The molecule has 94 valence electrons. The lowest BCUT2D eigenvalue weighted by Gasteiger charge is -2.06. The van der Waals surface area contributed by atoms with E-state index in [0.29, 0.717) is 19.0 Å². The van der Waals surface area contributed by atoms with Gasteiger partial charge in [-0.1, -0.05) is 12.1 Å². The zero-order chi connectivity index (χ0) is 12.8. The van der Waals surface area contributed by atoms with E-state index in [1.165, 1.54) is 0 Å². The smallest absolute Gasteiger partial charge is 0.123 e. The van der Waals surface area contributed by atoms with Gasteiger partial charge in [-0.2, -0.15) is 0 Å². The minimum absolute atomic E-state index is 0.514. The van der Waals surface area contributed by atoms with E-state index >= 15 is 0 Å². The highest BCUT2D eigenvalue weighted by atomic mass is 16.5. The Bertz CT molecular complexity index is 497. The largest absolute Gasteiger partial charge is 0.497 e. The number of ether oxygens (including phenoxy) is 2. The van der Waals surface area contributed by atoms with Crippen molar-refractivity contribution in [2.24, 2.45) is 0 Å². The molecule has 0 aliphatic carbocycles. The fourth-order valence-corrected chi connectivity index (χ4v) is 1.59. The SMILES string of the molecule is COc1ccc(COCc2ccnc(N)c2)cc1. The molecular formula is C14H16N2O2. The van der Waals surface area contributed by atoms with Crippen molar-refractivity contribution in [3.8, 4) is 5.75 Å². The molecule has 1 heterocycles. The summed E-state index contributed by atoms with van der Waals surface area (Å²) in [5.74, 6) is 1.36. The van der Waals surface area contributed by atoms with Crippen molar-refractivity contribution in [2.75, 3.05) is 12.8 Å². The Hall–Kier alpha value is -2.07. The number of nitrogens with zero attached hydrogens (tertiary/aromatic N) is 1. The first-order chi connectivity index (χ1) is 8.78. The summed E-state index contributed by atoms with van der Waals surface area (Å²) in [7, 11) is 1.65. The van der Waals surface area contributed by atoms with Gasteiger partial charge >= 0.3 is 0 Å². The minimum Gasteiger partial charge on any atom is -0.497 e. The first-order valence-corrected chi connectivity index (χ1v) is 5.69. The maximum absolute atomic E-state index is 5.61. The molecule has 0 saturated heterocycles. The second-order valence-corrected chi connectivity index (χ2v) is 3.93. The van der Waals surface area contributed by atoms with Crippen molar-refractivity contribution in [1.29, 1.82) is 0 Å². The van der Waals surface area contributed by atoms with E-state index < -0.39 is 0 Å². The quantitative estimate of drug-likeness (QED) is 0.877. The minimum atomic E-state index is 0.514. The molecule has 4 nitrogen and oxygen atoms in total. The lowest BCUT2D eigenvalue weighted by atomic mass is 10.2. The third-order valence-electron chi connectivity index (χ3n) is 2.54. The van der Waals surface area contributed by atoms with Crippen LogP contribution in [0.2, 0.25) is 0 Å². The fraction of sp³-hybridized carbons (Fsp3) is 0.214. The predicted octanol–water partition coefficient (Wildman–Crippen LogP) is 2.39. The standard InChI is InChI=1S/C14H16N2O2/c1-17-13-4-2-11(3-5-13)9-18-10-12-6-7-16-14(15)8-12/h2-8H,9-10H2,1H3,(H2,15,16). The zero-order valence-electron chi connectivity index (χ0n) is 10.3. The molecule has 0 aliphatic heterocycles. The lowest BCUT2D eigenvalue weighted by molar-refractivity contribution is 0.107. The van der Waals surface area contributed by atoms with E-state index in [4.69, 9.17) is 15.2 Å². The van der Waals surface area contributed by atoms with Crippen molar-refractivity contribution in [3.05, 3.63) is 53.7 Å². The van der Waals surface area contributed by atoms with Gasteiger partial charge in [-0.05, 0) is 35.4 Å². The highest BCUT2D eigenvalue weighted by molar-refractivity contribution is 5.31. The Labute approximate surface area is 106 Å². The summed E-state index contributed by atoms with van der Waals surface area (Å²) in [5, 5.41) is 0. The molecular weight excluding hydrogens is 228 g/mol. The van der Waals surface area contributed by atoms with Gasteiger partial charge in [0.25, 0.3) is 0 Å². The molecule has 0 fully saturated rings. The van der Waals surface area contributed by atoms with Gasteiger partial charge in [-0.25, -0.2) is 4.98 Å². The van der Waals surface area contributed by atoms with E-state index in [0.717, 1.165) is 16.9 Å². The van der Waals surface area contributed by atoms with Crippen molar-refractivity contribution in [2.45, 2.75) is 13.2 Å². The van der Waals surface area contributed by atoms with Crippen molar-refractivity contribution in [3.63, 3.8) is 0 Å². The van der Waals surface area contributed by atoms with Crippen LogP contribution in [0.25, 0.3) is 0 Å². The van der Waals surface area contributed by atoms with Crippen molar-refractivity contribution in [1.82, 2.24) is 4.98 Å². The monoisotopic (exact) mass is 244 g/mol. The van der Waals surface area contributed by atoms with E-state index in [2.05, 4.69) is 4.98 Å². The Morgan fingerprint density at radius 3 is 2.44 bits per heavy atom. The predicted molar refractivity (Wildman–Crippen MR) is 70.1 cm³/mol. The van der Waals surface area contributed by atoms with Gasteiger partial charge in [0.2, 0.25) is 0 Å². The van der Waals surface area contributed by atoms with Gasteiger partial charge in [0.15, 0.2) is 0 Å². The summed E-state index contributed by atoms with van der Waals surface area (Å²) >= 11 is 0. The van der Waals surface area contributed by atoms with Gasteiger partial charge in [0.1, 0.15) is 11.6 Å². The van der Waals surface area contributed by atoms with Crippen LogP contribution < -0.4 is 10.5 Å². The molecule has 2 N–H and O–H groups in total. The maximum atomic E-state index is 5.61. The van der Waals surface area contributed by atoms with Crippen molar-refractivity contribution >= 4 is 5.82 Å². The summed E-state index contributed by atoms with van der Waals surface area (Å²) in [5.41, 5.74) is 7.73. The zero-order valence-corrected chi connectivity index (χ0v) is 10.3. The Balaban J connectivity index is 1.84. The summed E-state index contributed by atoms with van der Waals surface area (Å²) in [6, 6.07) is 11.5. The van der Waals surface area contributed by atoms with Crippen LogP contribution in [-0.4, -0.2) is 12.1 Å². The third-order valence-corrected chi connectivity index (χ3v) is 2.54. The summed E-state index contributed by atoms with van der Waals surface area (Å²) in [6.45, 7) is 1.09. The van der Waals surface area contributed by atoms with Crippen LogP contribution >= 0.6 is 0 Å². The summed E-state index contributed by atoms with van der Waals surface area (Å²) in [6.07, 6.45) is 1.68. The fourth-order valence-electron chi connectivity index (χ4n) is 1.59. The second-order valence-electron chi connectivity index (χ2n) is 3.93. The number of hydrogen-bond acceptors (Lipinski definition) is 4. The molecule has 2 rings (SSSR count). The van der Waals surface area contributed by atoms with E-state index in [1.54, 1.807) is 13.3 Å². The molecule has 0 amide bonds. The molecule has 0 saturated carbocycles. The number of nitrogen functional groups attached to an aromatic ring is 1. The maximum Gasteiger partial charge on any atom is 0.123 e. The highest BCUT2D eigenvalue weighted by Gasteiger charge is 1.97. The molecule has 1 aromatic heterocycles. The molecule has 2 aromatic rings. The molecule has 0 aliphatic rings.